The summed E-state index contributed by atoms with van der Waals surface area (Å²) in [6.07, 6.45) is 0. The largest absolute Gasteiger partial charge is 0.507 e. The topological polar surface area (TPSA) is 123 Å². The van der Waals surface area contributed by atoms with E-state index in [9.17, 15) is 14.7 Å². The number of anilines is 1. The van der Waals surface area contributed by atoms with Gasteiger partial charge in [0, 0.05) is 5.56 Å². The van der Waals surface area contributed by atoms with Gasteiger partial charge in [-0.15, -0.1) is 0 Å². The van der Waals surface area contributed by atoms with E-state index in [0.29, 0.717) is 46.2 Å². The maximum atomic E-state index is 13.6. The SMILES string of the molecule is CCOc1cc(C2/C(=C(\O)c3ccc(OC)c(OC)c3)C(=O)C(=O)N2c2nc3ccccc3[nH]2)ccc1OC. The number of methoxy groups -OCH3 is 3. The van der Waals surface area contributed by atoms with Gasteiger partial charge < -0.3 is 29.0 Å². The van der Waals surface area contributed by atoms with Crippen molar-refractivity contribution >= 4 is 34.4 Å². The average molecular weight is 530 g/mol. The fourth-order valence-electron chi connectivity index (χ4n) is 4.69. The van der Waals surface area contributed by atoms with Crippen LogP contribution in [0.1, 0.15) is 24.1 Å². The number of hydrogen-bond donors (Lipinski definition) is 2. The molecule has 1 aliphatic heterocycles. The Bertz CT molecular complexity index is 1570. The van der Waals surface area contributed by atoms with Crippen molar-refractivity contribution in [1.82, 2.24) is 9.97 Å². The summed E-state index contributed by atoms with van der Waals surface area (Å²) in [6, 6.07) is 16.1. The molecule has 1 atom stereocenters. The number of nitrogens with one attached hydrogen (secondary N) is 1. The first-order valence-corrected chi connectivity index (χ1v) is 12.2. The number of amides is 1. The third kappa shape index (κ3) is 4.39. The van der Waals surface area contributed by atoms with Crippen LogP contribution in [-0.2, 0) is 9.59 Å². The molecule has 2 N–H and O–H groups in total. The third-order valence-electron chi connectivity index (χ3n) is 6.51. The van der Waals surface area contributed by atoms with Crippen molar-refractivity contribution in [2.45, 2.75) is 13.0 Å². The van der Waals surface area contributed by atoms with Gasteiger partial charge in [-0.2, -0.15) is 0 Å². The van der Waals surface area contributed by atoms with Crippen molar-refractivity contribution in [3.05, 3.63) is 77.4 Å². The molecule has 0 aliphatic carbocycles. The summed E-state index contributed by atoms with van der Waals surface area (Å²) in [5.41, 5.74) is 2.00. The lowest BCUT2D eigenvalue weighted by molar-refractivity contribution is -0.132. The number of ketones is 1. The van der Waals surface area contributed by atoms with Gasteiger partial charge in [-0.05, 0) is 55.0 Å². The van der Waals surface area contributed by atoms with Crippen molar-refractivity contribution in [3.8, 4) is 23.0 Å². The van der Waals surface area contributed by atoms with E-state index >= 15 is 0 Å². The lowest BCUT2D eigenvalue weighted by Gasteiger charge is -2.24. The number of carbonyl (C=O) groups excluding carboxylic acids is 2. The Morgan fingerprint density at radius 1 is 0.923 bits per heavy atom. The van der Waals surface area contributed by atoms with Crippen LogP contribution in [0.4, 0.5) is 5.95 Å². The van der Waals surface area contributed by atoms with Crippen molar-refractivity contribution in [2.24, 2.45) is 0 Å². The molecule has 10 nitrogen and oxygen atoms in total. The number of imidazole rings is 1. The normalized spacial score (nSPS) is 16.5. The average Bonchev–Trinajstić information content (AvgIpc) is 3.50. The predicted molar refractivity (Wildman–Crippen MR) is 145 cm³/mol. The summed E-state index contributed by atoms with van der Waals surface area (Å²) < 4.78 is 21.9. The van der Waals surface area contributed by atoms with Crippen molar-refractivity contribution in [2.75, 3.05) is 32.8 Å². The third-order valence-corrected chi connectivity index (χ3v) is 6.51. The highest BCUT2D eigenvalue weighted by molar-refractivity contribution is 6.51. The monoisotopic (exact) mass is 529 g/mol. The summed E-state index contributed by atoms with van der Waals surface area (Å²) in [5.74, 6) is -0.177. The highest BCUT2D eigenvalue weighted by Crippen LogP contribution is 2.44. The van der Waals surface area contributed by atoms with Crippen LogP contribution in [0.3, 0.4) is 0 Å². The number of rotatable bonds is 8. The van der Waals surface area contributed by atoms with Crippen molar-refractivity contribution in [1.29, 1.82) is 0 Å². The van der Waals surface area contributed by atoms with Gasteiger partial charge in [0.1, 0.15) is 5.76 Å². The Hall–Kier alpha value is -4.99. The van der Waals surface area contributed by atoms with Crippen molar-refractivity contribution < 1.29 is 33.6 Å². The second-order valence-corrected chi connectivity index (χ2v) is 8.66. The summed E-state index contributed by atoms with van der Waals surface area (Å²) in [6.45, 7) is 2.21. The number of aromatic amines is 1. The molecule has 1 fully saturated rings. The number of ether oxygens (including phenoxy) is 4. The molecule has 1 aromatic heterocycles. The molecule has 1 unspecified atom stereocenters. The molecule has 1 saturated heterocycles. The van der Waals surface area contributed by atoms with Crippen LogP contribution >= 0.6 is 0 Å². The zero-order valence-electron chi connectivity index (χ0n) is 21.8. The highest BCUT2D eigenvalue weighted by Gasteiger charge is 2.48. The van der Waals surface area contributed by atoms with Crippen LogP contribution in [0.5, 0.6) is 23.0 Å². The number of nitrogens with zero attached hydrogens (tertiary/aromatic N) is 2. The number of hydrogen-bond acceptors (Lipinski definition) is 8. The Labute approximate surface area is 224 Å². The van der Waals surface area contributed by atoms with Crippen LogP contribution in [0.2, 0.25) is 0 Å². The predicted octanol–water partition coefficient (Wildman–Crippen LogP) is 4.61. The van der Waals surface area contributed by atoms with Crippen LogP contribution in [0.25, 0.3) is 16.8 Å². The van der Waals surface area contributed by atoms with E-state index in [2.05, 4.69) is 9.97 Å². The molecule has 10 heteroatoms. The number of aliphatic hydroxyl groups excluding tert-OH is 1. The van der Waals surface area contributed by atoms with Gasteiger partial charge in [0.15, 0.2) is 23.0 Å². The zero-order valence-corrected chi connectivity index (χ0v) is 21.8. The Balaban J connectivity index is 1.74. The van der Waals surface area contributed by atoms with Gasteiger partial charge >= 0.3 is 5.91 Å². The Morgan fingerprint density at radius 2 is 1.62 bits per heavy atom. The highest BCUT2D eigenvalue weighted by atomic mass is 16.5. The zero-order chi connectivity index (χ0) is 27.7. The first kappa shape index (κ1) is 25.7. The number of aliphatic hydroxyl groups is 1. The molecule has 1 aliphatic rings. The molecule has 0 bridgehead atoms. The van der Waals surface area contributed by atoms with Gasteiger partial charge in [-0.25, -0.2) is 4.98 Å². The van der Waals surface area contributed by atoms with Crippen LogP contribution in [-0.4, -0.2) is 54.7 Å². The van der Waals surface area contributed by atoms with Gasteiger partial charge in [0.05, 0.1) is 50.6 Å². The van der Waals surface area contributed by atoms with Crippen LogP contribution in [0, 0.1) is 0 Å². The van der Waals surface area contributed by atoms with Crippen LogP contribution < -0.4 is 23.8 Å². The van der Waals surface area contributed by atoms with Gasteiger partial charge in [-0.3, -0.25) is 14.5 Å². The first-order chi connectivity index (χ1) is 18.9. The molecule has 0 radical (unpaired) electrons. The van der Waals surface area contributed by atoms with Gasteiger partial charge in [-0.1, -0.05) is 18.2 Å². The number of para-hydroxylation sites is 2. The van der Waals surface area contributed by atoms with E-state index in [4.69, 9.17) is 18.9 Å². The standard InChI is InChI=1S/C29H27N3O7/c1-5-39-23-14-16(10-12-21(23)37-3)25-24(26(33)17-11-13-20(36-2)22(15-17)38-4)27(34)28(35)32(25)29-30-18-8-6-7-9-19(18)31-29/h6-15,25,33H,5H2,1-4H3,(H,30,31)/b26-24+. The molecular weight excluding hydrogens is 502 g/mol. The maximum absolute atomic E-state index is 13.6. The number of H-pyrrole nitrogens is 1. The number of fused-ring (bicyclic) bond motifs is 1. The minimum atomic E-state index is -1.02. The summed E-state index contributed by atoms with van der Waals surface area (Å²) in [4.78, 5) is 36.0. The molecule has 5 rings (SSSR count). The summed E-state index contributed by atoms with van der Waals surface area (Å²) >= 11 is 0. The second kappa shape index (κ2) is 10.4. The molecule has 39 heavy (non-hydrogen) atoms. The van der Waals surface area contributed by atoms with E-state index in [1.807, 2.05) is 25.1 Å². The molecule has 1 amide bonds. The quantitative estimate of drug-likeness (QED) is 0.193. The Morgan fingerprint density at radius 3 is 2.31 bits per heavy atom. The van der Waals surface area contributed by atoms with Gasteiger partial charge in [0.25, 0.3) is 5.78 Å². The number of benzene rings is 3. The Kier molecular flexibility index (Phi) is 6.84. The molecular formula is C29H27N3O7. The van der Waals surface area contributed by atoms with Crippen LogP contribution in [0.15, 0.2) is 66.2 Å². The molecule has 3 aromatic carbocycles. The minimum Gasteiger partial charge on any atom is -0.507 e. The molecule has 4 aromatic rings. The van der Waals surface area contributed by atoms with E-state index in [0.717, 1.165) is 0 Å². The summed E-state index contributed by atoms with van der Waals surface area (Å²) in [5, 5.41) is 11.5. The smallest absolute Gasteiger partial charge is 0.302 e. The van der Waals surface area contributed by atoms with E-state index in [1.54, 1.807) is 42.5 Å². The number of carbonyl (C=O) groups is 2. The lowest BCUT2D eigenvalue weighted by Crippen LogP contribution is -2.30. The molecule has 0 spiro atoms. The van der Waals surface area contributed by atoms with Crippen molar-refractivity contribution in [3.63, 3.8) is 0 Å². The lowest BCUT2D eigenvalue weighted by atomic mass is 9.95. The number of aromatic nitrogens is 2. The minimum absolute atomic E-state index is 0.111. The molecule has 0 saturated carbocycles. The number of Topliss-reactive ketones (excluding diaryl/α,β-unsaturated/α-hetero) is 1. The van der Waals surface area contributed by atoms with E-state index < -0.39 is 17.7 Å². The summed E-state index contributed by atoms with van der Waals surface area (Å²) in [7, 11) is 4.49. The maximum Gasteiger partial charge on any atom is 0.302 e. The molecule has 2 heterocycles. The van der Waals surface area contributed by atoms with E-state index in [1.165, 1.54) is 26.2 Å². The fraction of sp³-hybridized carbons (Fsp3) is 0.207. The van der Waals surface area contributed by atoms with E-state index in [-0.39, 0.29) is 22.8 Å². The first-order valence-electron chi connectivity index (χ1n) is 12.2. The second-order valence-electron chi connectivity index (χ2n) is 8.66. The fourth-order valence-corrected chi connectivity index (χ4v) is 4.69. The van der Waals surface area contributed by atoms with Gasteiger partial charge in [0.2, 0.25) is 5.95 Å². The molecule has 200 valence electrons.